The smallest absolute Gasteiger partial charge is 0.319 e. The number of aliphatic hydroxyl groups excluding tert-OH is 2. The van der Waals surface area contributed by atoms with Crippen LogP contribution in [0.15, 0.2) is 0 Å². The second-order valence-electron chi connectivity index (χ2n) is 16.5. The molecule has 1 saturated heterocycles. The van der Waals surface area contributed by atoms with Crippen molar-refractivity contribution >= 4 is 11.8 Å². The zero-order valence-corrected chi connectivity index (χ0v) is 26.6. The second-order valence-corrected chi connectivity index (χ2v) is 16.5. The molecule has 5 unspecified atom stereocenters. The minimum atomic E-state index is -3.08. The van der Waals surface area contributed by atoms with Gasteiger partial charge in [-0.05, 0) is 111 Å². The van der Waals surface area contributed by atoms with E-state index in [1.807, 2.05) is 13.8 Å². The van der Waals surface area contributed by atoms with Gasteiger partial charge in [0.15, 0.2) is 0 Å². The molecule has 7 nitrogen and oxygen atoms in total. The summed E-state index contributed by atoms with van der Waals surface area (Å²) in [6, 6.07) is -0.426. The molecule has 43 heavy (non-hydrogen) atoms. The molecule has 6 aliphatic rings. The minimum Gasteiger partial charge on any atom is -0.625 e. The highest BCUT2D eigenvalue weighted by molar-refractivity contribution is 5.79. The van der Waals surface area contributed by atoms with E-state index in [1.165, 1.54) is 0 Å². The van der Waals surface area contributed by atoms with Crippen LogP contribution in [0.4, 0.5) is 8.78 Å². The number of nitrogens with zero attached hydrogens (tertiary/aromatic N) is 1. The van der Waals surface area contributed by atoms with Gasteiger partial charge in [0, 0.05) is 18.9 Å². The van der Waals surface area contributed by atoms with E-state index < -0.39 is 34.1 Å². The van der Waals surface area contributed by atoms with Crippen LogP contribution in [0.25, 0.3) is 0 Å². The van der Waals surface area contributed by atoms with Crippen molar-refractivity contribution in [3.63, 3.8) is 0 Å². The van der Waals surface area contributed by atoms with Crippen LogP contribution >= 0.6 is 0 Å². The third-order valence-electron chi connectivity index (χ3n) is 14.2. The van der Waals surface area contributed by atoms with Gasteiger partial charge in [0.1, 0.15) is 18.7 Å². The lowest BCUT2D eigenvalue weighted by Crippen LogP contribution is -2.62. The Morgan fingerprint density at radius 3 is 2.40 bits per heavy atom. The molecule has 0 aromatic carbocycles. The number of rotatable bonds is 6. The Kier molecular flexibility index (Phi) is 8.12. The van der Waals surface area contributed by atoms with Crippen LogP contribution in [0.1, 0.15) is 111 Å². The molecular formula is C34H54F2N2O5. The molecule has 2 amide bonds. The SMILES string of the molecule is C[C@H](CCC(=O)NC1CCCC[C@H]1C(=O)[N+]1([O-])C[C@@H]1C)[C@H]1CCC2C3C(CC[C@@]21C)[C@@]1(C)CC(F)(F)[C@H](O)C[C@H]1C[C@@H]3O. The largest absolute Gasteiger partial charge is 0.625 e. The number of halogens is 2. The zero-order chi connectivity index (χ0) is 31.1. The summed E-state index contributed by atoms with van der Waals surface area (Å²) >= 11 is 0. The number of alkyl halides is 2. The molecule has 0 aromatic rings. The van der Waals surface area contributed by atoms with Gasteiger partial charge in [-0.2, -0.15) is 0 Å². The van der Waals surface area contributed by atoms with Crippen molar-refractivity contribution in [2.75, 3.05) is 6.54 Å². The van der Waals surface area contributed by atoms with Gasteiger partial charge in [-0.3, -0.25) is 9.44 Å². The Morgan fingerprint density at radius 1 is 1.02 bits per heavy atom. The number of hydrogen-bond acceptors (Lipinski definition) is 5. The third-order valence-corrected chi connectivity index (χ3v) is 14.2. The summed E-state index contributed by atoms with van der Waals surface area (Å²) in [5, 5.41) is 37.5. The van der Waals surface area contributed by atoms with Gasteiger partial charge < -0.3 is 20.7 Å². The molecule has 0 aromatic heterocycles. The molecule has 1 aliphatic heterocycles. The minimum absolute atomic E-state index is 0.000137. The summed E-state index contributed by atoms with van der Waals surface area (Å²) in [6.45, 7) is 8.74. The number of nitrogens with one attached hydrogen (secondary N) is 1. The van der Waals surface area contributed by atoms with Crippen molar-refractivity contribution in [2.45, 2.75) is 141 Å². The molecule has 0 spiro atoms. The molecule has 14 atom stereocenters. The quantitative estimate of drug-likeness (QED) is 0.208. The number of aliphatic hydroxyl groups is 2. The Morgan fingerprint density at radius 2 is 1.70 bits per heavy atom. The number of amides is 2. The highest BCUT2D eigenvalue weighted by atomic mass is 19.3. The zero-order valence-electron chi connectivity index (χ0n) is 26.6. The molecule has 6 fully saturated rings. The van der Waals surface area contributed by atoms with Crippen molar-refractivity contribution in [2.24, 2.45) is 52.3 Å². The first kappa shape index (κ1) is 31.8. The maximum atomic E-state index is 14.8. The monoisotopic (exact) mass is 608 g/mol. The molecule has 5 saturated carbocycles. The summed E-state index contributed by atoms with van der Waals surface area (Å²) in [5.41, 5.74) is -0.573. The normalized spacial score (nSPS) is 51.0. The van der Waals surface area contributed by atoms with E-state index in [9.17, 15) is 33.8 Å². The van der Waals surface area contributed by atoms with E-state index in [-0.39, 0.29) is 65.8 Å². The van der Waals surface area contributed by atoms with Gasteiger partial charge in [0.05, 0.1) is 12.0 Å². The number of carbonyl (C=O) groups is 2. The maximum absolute atomic E-state index is 14.8. The van der Waals surface area contributed by atoms with Gasteiger partial charge >= 0.3 is 5.91 Å². The summed E-state index contributed by atoms with van der Waals surface area (Å²) in [6.07, 6.45) is 6.30. The molecular weight excluding hydrogens is 554 g/mol. The maximum Gasteiger partial charge on any atom is 0.319 e. The Bertz CT molecular complexity index is 1110. The summed E-state index contributed by atoms with van der Waals surface area (Å²) in [4.78, 5) is 26.2. The highest BCUT2D eigenvalue weighted by Gasteiger charge is 2.66. The molecule has 5 aliphatic carbocycles. The van der Waals surface area contributed by atoms with E-state index in [0.29, 0.717) is 37.6 Å². The molecule has 0 bridgehead atoms. The van der Waals surface area contributed by atoms with Crippen LogP contribution < -0.4 is 5.32 Å². The number of hydrogen-bond donors (Lipinski definition) is 3. The summed E-state index contributed by atoms with van der Waals surface area (Å²) < 4.78 is 28.9. The summed E-state index contributed by atoms with van der Waals surface area (Å²) in [5.74, 6) is -2.84. The van der Waals surface area contributed by atoms with Crippen LogP contribution in [-0.4, -0.2) is 63.4 Å². The molecule has 3 N–H and O–H groups in total. The topological polar surface area (TPSA) is 110 Å². The highest BCUT2D eigenvalue weighted by Crippen LogP contribution is 2.69. The van der Waals surface area contributed by atoms with E-state index >= 15 is 0 Å². The van der Waals surface area contributed by atoms with E-state index in [4.69, 9.17) is 0 Å². The van der Waals surface area contributed by atoms with Gasteiger partial charge in [0.25, 0.3) is 5.92 Å². The Balaban J connectivity index is 1.08. The van der Waals surface area contributed by atoms with Gasteiger partial charge in [0.2, 0.25) is 5.91 Å². The number of carbonyl (C=O) groups excluding carboxylic acids is 2. The third kappa shape index (κ3) is 5.20. The van der Waals surface area contributed by atoms with Crippen molar-refractivity contribution < 1.29 is 33.2 Å². The van der Waals surface area contributed by atoms with Gasteiger partial charge in [-0.15, -0.1) is 0 Å². The predicted octanol–water partition coefficient (Wildman–Crippen LogP) is 5.56. The fraction of sp³-hybridized carbons (Fsp3) is 0.941. The van der Waals surface area contributed by atoms with Gasteiger partial charge in [-0.25, -0.2) is 13.6 Å². The number of quaternary nitrogens is 1. The fourth-order valence-electron chi connectivity index (χ4n) is 11.6. The Hall–Kier alpha value is -1.16. The van der Waals surface area contributed by atoms with E-state index in [1.54, 1.807) is 0 Å². The van der Waals surface area contributed by atoms with Crippen molar-refractivity contribution in [1.29, 1.82) is 0 Å². The average molecular weight is 609 g/mol. The van der Waals surface area contributed by atoms with Crippen LogP contribution in [0, 0.1) is 57.5 Å². The van der Waals surface area contributed by atoms with Crippen molar-refractivity contribution in [3.05, 3.63) is 5.21 Å². The fourth-order valence-corrected chi connectivity index (χ4v) is 11.6. The van der Waals surface area contributed by atoms with Crippen molar-refractivity contribution in [3.8, 4) is 0 Å². The standard InChI is InChI=1S/C34H54F2N2O5/c1-19(9-12-29(41)37-26-8-6-5-7-22(26)31(42)38(43)17-20(38)2)23-10-11-24-30-25(13-14-32(23,24)3)33(4)18-34(35,36)28(40)16-21(33)15-27(30)39/h19-28,30,39-40H,5-18H2,1-4H3,(H,37,41)/t19-,20+,21-,22-,23-,24?,25?,26?,27+,28-,30?,32-,33+,38?/m1/s1. The predicted molar refractivity (Wildman–Crippen MR) is 158 cm³/mol. The summed E-state index contributed by atoms with van der Waals surface area (Å²) in [7, 11) is 0. The Labute approximate surface area is 255 Å². The lowest BCUT2D eigenvalue weighted by atomic mass is 9.43. The first-order valence-corrected chi connectivity index (χ1v) is 17.3. The average Bonchev–Trinajstić information content (AvgIpc) is 3.40. The lowest BCUT2D eigenvalue weighted by Gasteiger charge is -2.63. The van der Waals surface area contributed by atoms with Gasteiger partial charge in [-0.1, -0.05) is 33.6 Å². The first-order valence-electron chi connectivity index (χ1n) is 17.3. The number of fused-ring (bicyclic) bond motifs is 5. The van der Waals surface area contributed by atoms with Crippen LogP contribution in [0.3, 0.4) is 0 Å². The van der Waals surface area contributed by atoms with Crippen molar-refractivity contribution in [1.82, 2.24) is 5.32 Å². The van der Waals surface area contributed by atoms with E-state index in [2.05, 4.69) is 19.2 Å². The molecule has 6 rings (SSSR count). The lowest BCUT2D eigenvalue weighted by molar-refractivity contribution is -0.678. The molecule has 1 heterocycles. The van der Waals surface area contributed by atoms with E-state index in [0.717, 1.165) is 51.4 Å². The van der Waals surface area contributed by atoms with Crippen LogP contribution in [0.2, 0.25) is 0 Å². The van der Waals surface area contributed by atoms with Crippen LogP contribution in [-0.2, 0) is 9.59 Å². The molecule has 9 heteroatoms. The second kappa shape index (κ2) is 11.0. The molecule has 244 valence electrons. The molecule has 0 radical (unpaired) electrons. The number of hydroxylamine groups is 3. The first-order chi connectivity index (χ1) is 20.1. The van der Waals surface area contributed by atoms with Crippen LogP contribution in [0.5, 0.6) is 0 Å².